The van der Waals surface area contributed by atoms with Gasteiger partial charge in [0.05, 0.1) is 16.7 Å². The standard InChI is InChI=1S/C37H28N2/c1-23-38-31-22-21-29(35-36(31)39(23)32-20-12-11-19-30(32)37(35,2)3)34-27-17-9-7-15-25(27)33(24-13-5-4-6-14-24)26-16-8-10-18-28(26)34/h4-22H,1-3H3. The molecule has 0 saturated carbocycles. The van der Waals surface area contributed by atoms with E-state index >= 15 is 0 Å². The summed E-state index contributed by atoms with van der Waals surface area (Å²) < 4.78 is 2.37. The first-order chi connectivity index (χ1) is 19.1. The lowest BCUT2D eigenvalue weighted by Gasteiger charge is -2.36. The summed E-state index contributed by atoms with van der Waals surface area (Å²) >= 11 is 0. The van der Waals surface area contributed by atoms with Crippen LogP contribution in [-0.4, -0.2) is 9.55 Å². The maximum absolute atomic E-state index is 5.03. The number of rotatable bonds is 2. The number of hydrogen-bond donors (Lipinski definition) is 0. The molecule has 1 aromatic heterocycles. The van der Waals surface area contributed by atoms with Gasteiger partial charge >= 0.3 is 0 Å². The Kier molecular flexibility index (Phi) is 4.52. The molecule has 0 saturated heterocycles. The Balaban J connectivity index is 1.59. The molecule has 0 radical (unpaired) electrons. The Labute approximate surface area is 228 Å². The first-order valence-electron chi connectivity index (χ1n) is 13.7. The average molecular weight is 501 g/mol. The van der Waals surface area contributed by atoms with Gasteiger partial charge in [0, 0.05) is 5.41 Å². The molecule has 186 valence electrons. The van der Waals surface area contributed by atoms with Crippen LogP contribution < -0.4 is 0 Å². The Hall–Kier alpha value is -4.69. The molecule has 0 N–H and O–H groups in total. The van der Waals surface area contributed by atoms with Gasteiger partial charge in [-0.05, 0) is 74.0 Å². The van der Waals surface area contributed by atoms with Crippen LogP contribution in [0.1, 0.15) is 30.8 Å². The normalized spacial score (nSPS) is 13.7. The van der Waals surface area contributed by atoms with E-state index in [1.165, 1.54) is 66.1 Å². The molecule has 0 spiro atoms. The molecule has 2 heterocycles. The van der Waals surface area contributed by atoms with Crippen LogP contribution >= 0.6 is 0 Å². The van der Waals surface area contributed by atoms with Crippen LogP contribution in [-0.2, 0) is 5.41 Å². The van der Waals surface area contributed by atoms with E-state index in [0.29, 0.717) is 0 Å². The highest BCUT2D eigenvalue weighted by atomic mass is 15.1. The molecule has 6 aromatic carbocycles. The molecule has 2 nitrogen and oxygen atoms in total. The van der Waals surface area contributed by atoms with Crippen molar-refractivity contribution in [3.63, 3.8) is 0 Å². The van der Waals surface area contributed by atoms with E-state index in [1.54, 1.807) is 0 Å². The lowest BCUT2D eigenvalue weighted by Crippen LogP contribution is -2.27. The zero-order chi connectivity index (χ0) is 26.3. The van der Waals surface area contributed by atoms with Crippen LogP contribution in [0, 0.1) is 6.92 Å². The van der Waals surface area contributed by atoms with Gasteiger partial charge in [-0.1, -0.05) is 117 Å². The lowest BCUT2D eigenvalue weighted by atomic mass is 9.71. The molecule has 0 unspecified atom stereocenters. The second-order valence-electron chi connectivity index (χ2n) is 11.2. The van der Waals surface area contributed by atoms with Crippen LogP contribution in [0.25, 0.3) is 60.5 Å². The van der Waals surface area contributed by atoms with Crippen molar-refractivity contribution < 1.29 is 0 Å². The number of nitrogens with zero attached hydrogens (tertiary/aromatic N) is 2. The van der Waals surface area contributed by atoms with Gasteiger partial charge in [-0.3, -0.25) is 4.57 Å². The number of aromatic nitrogens is 2. The zero-order valence-electron chi connectivity index (χ0n) is 22.4. The van der Waals surface area contributed by atoms with E-state index in [1.807, 2.05) is 0 Å². The van der Waals surface area contributed by atoms with Crippen LogP contribution in [0.4, 0.5) is 0 Å². The van der Waals surface area contributed by atoms with Crippen molar-refractivity contribution in [1.29, 1.82) is 0 Å². The van der Waals surface area contributed by atoms with E-state index < -0.39 is 0 Å². The van der Waals surface area contributed by atoms with Crippen molar-refractivity contribution in [3.8, 4) is 27.9 Å². The number of fused-ring (bicyclic) bond motifs is 4. The molecule has 0 atom stereocenters. The number of para-hydroxylation sites is 1. The monoisotopic (exact) mass is 500 g/mol. The Morgan fingerprint density at radius 3 is 1.82 bits per heavy atom. The fraction of sp³-hybridized carbons (Fsp3) is 0.108. The molecule has 0 aliphatic carbocycles. The topological polar surface area (TPSA) is 17.8 Å². The molecule has 1 aliphatic heterocycles. The second kappa shape index (κ2) is 7.91. The van der Waals surface area contributed by atoms with Crippen molar-refractivity contribution in [2.75, 3.05) is 0 Å². The van der Waals surface area contributed by atoms with Crippen LogP contribution in [0.15, 0.2) is 115 Å². The second-order valence-corrected chi connectivity index (χ2v) is 11.2. The molecule has 0 bridgehead atoms. The summed E-state index contributed by atoms with van der Waals surface area (Å²) in [5.74, 6) is 1.03. The van der Waals surface area contributed by atoms with Crippen molar-refractivity contribution in [2.24, 2.45) is 0 Å². The zero-order valence-corrected chi connectivity index (χ0v) is 22.4. The van der Waals surface area contributed by atoms with Gasteiger partial charge in [0.15, 0.2) is 0 Å². The van der Waals surface area contributed by atoms with Gasteiger partial charge in [0.2, 0.25) is 0 Å². The Morgan fingerprint density at radius 2 is 1.15 bits per heavy atom. The highest BCUT2D eigenvalue weighted by Crippen LogP contribution is 2.51. The van der Waals surface area contributed by atoms with Crippen LogP contribution in [0.5, 0.6) is 0 Å². The van der Waals surface area contributed by atoms with Crippen LogP contribution in [0.3, 0.4) is 0 Å². The molecule has 1 aliphatic rings. The molecule has 0 amide bonds. The number of aryl methyl sites for hydroxylation is 1. The molecule has 7 aromatic rings. The largest absolute Gasteiger partial charge is 0.296 e. The van der Waals surface area contributed by atoms with Gasteiger partial charge in [-0.2, -0.15) is 0 Å². The fourth-order valence-corrected chi connectivity index (χ4v) is 7.08. The summed E-state index contributed by atoms with van der Waals surface area (Å²) in [6, 6.07) is 42.0. The SMILES string of the molecule is Cc1nc2ccc(-c3c4ccccc4c(-c4ccccc4)c4ccccc34)c3c2n1-c1ccccc1C3(C)C. The summed E-state index contributed by atoms with van der Waals surface area (Å²) in [6.45, 7) is 6.87. The molecule has 39 heavy (non-hydrogen) atoms. The maximum Gasteiger partial charge on any atom is 0.111 e. The predicted octanol–water partition coefficient (Wildman–Crippen LogP) is 9.61. The minimum Gasteiger partial charge on any atom is -0.296 e. The predicted molar refractivity (Wildman–Crippen MR) is 164 cm³/mol. The van der Waals surface area contributed by atoms with Crippen LogP contribution in [0.2, 0.25) is 0 Å². The summed E-state index contributed by atoms with van der Waals surface area (Å²) in [7, 11) is 0. The summed E-state index contributed by atoms with van der Waals surface area (Å²) in [5.41, 5.74) is 11.1. The molecule has 2 heteroatoms. The summed E-state index contributed by atoms with van der Waals surface area (Å²) in [5, 5.41) is 5.12. The van der Waals surface area contributed by atoms with Gasteiger partial charge in [0.1, 0.15) is 5.82 Å². The lowest BCUT2D eigenvalue weighted by molar-refractivity contribution is 0.628. The highest BCUT2D eigenvalue weighted by molar-refractivity contribution is 6.22. The van der Waals surface area contributed by atoms with E-state index in [2.05, 4.69) is 141 Å². The van der Waals surface area contributed by atoms with Crippen molar-refractivity contribution in [3.05, 3.63) is 132 Å². The van der Waals surface area contributed by atoms with Gasteiger partial charge in [-0.25, -0.2) is 4.98 Å². The maximum atomic E-state index is 5.03. The first-order valence-corrected chi connectivity index (χ1v) is 13.7. The van der Waals surface area contributed by atoms with E-state index in [-0.39, 0.29) is 5.41 Å². The third-order valence-corrected chi connectivity index (χ3v) is 8.69. The van der Waals surface area contributed by atoms with Gasteiger partial charge < -0.3 is 0 Å². The fourth-order valence-electron chi connectivity index (χ4n) is 7.08. The molecular formula is C37H28N2. The summed E-state index contributed by atoms with van der Waals surface area (Å²) in [6.07, 6.45) is 0. The smallest absolute Gasteiger partial charge is 0.111 e. The molecular weight excluding hydrogens is 472 g/mol. The first kappa shape index (κ1) is 22.3. The van der Waals surface area contributed by atoms with E-state index in [0.717, 1.165) is 11.3 Å². The van der Waals surface area contributed by atoms with E-state index in [9.17, 15) is 0 Å². The van der Waals surface area contributed by atoms with Crippen molar-refractivity contribution >= 4 is 32.6 Å². The summed E-state index contributed by atoms with van der Waals surface area (Å²) in [4.78, 5) is 5.03. The number of benzene rings is 6. The number of imidazole rings is 1. The van der Waals surface area contributed by atoms with Gasteiger partial charge in [-0.15, -0.1) is 0 Å². The van der Waals surface area contributed by atoms with Crippen molar-refractivity contribution in [2.45, 2.75) is 26.2 Å². The van der Waals surface area contributed by atoms with E-state index in [4.69, 9.17) is 4.98 Å². The molecule has 8 rings (SSSR count). The van der Waals surface area contributed by atoms with Gasteiger partial charge in [0.25, 0.3) is 0 Å². The minimum atomic E-state index is -0.200. The average Bonchev–Trinajstić information content (AvgIpc) is 3.31. The Morgan fingerprint density at radius 1 is 0.590 bits per heavy atom. The third-order valence-electron chi connectivity index (χ3n) is 8.69. The quantitative estimate of drug-likeness (QED) is 0.216. The number of hydrogen-bond acceptors (Lipinski definition) is 1. The Bertz CT molecular complexity index is 2040. The molecule has 0 fully saturated rings. The minimum absolute atomic E-state index is 0.200. The highest BCUT2D eigenvalue weighted by Gasteiger charge is 2.37. The third kappa shape index (κ3) is 2.94. The van der Waals surface area contributed by atoms with Crippen molar-refractivity contribution in [1.82, 2.24) is 9.55 Å².